The third-order valence-corrected chi connectivity index (χ3v) is 1.02. The van der Waals surface area contributed by atoms with E-state index in [9.17, 15) is 9.59 Å². The number of methoxy groups -OCH3 is 1. The Morgan fingerprint density at radius 1 is 1.40 bits per heavy atom. The van der Waals surface area contributed by atoms with Gasteiger partial charge in [-0.05, 0) is 0 Å². The predicted octanol–water partition coefficient (Wildman–Crippen LogP) is -0.362. The number of hydrogen-bond acceptors (Lipinski definition) is 3. The quantitative estimate of drug-likeness (QED) is 0.393. The minimum Gasteiger partial charge on any atom is -0.469 e. The Morgan fingerprint density at radius 3 is 2.20 bits per heavy atom. The number of hydrogen-bond donors (Lipinski definition) is 0. The van der Waals surface area contributed by atoms with Crippen molar-refractivity contribution in [2.24, 2.45) is 0 Å². The zero-order chi connectivity index (χ0) is 8.15. The van der Waals surface area contributed by atoms with E-state index in [0.717, 1.165) is 0 Å². The van der Waals surface area contributed by atoms with Crippen molar-refractivity contribution in [1.82, 2.24) is 4.90 Å². The summed E-state index contributed by atoms with van der Waals surface area (Å²) in [5, 5.41) is 0. The summed E-state index contributed by atoms with van der Waals surface area (Å²) in [5.41, 5.74) is 0. The van der Waals surface area contributed by atoms with E-state index < -0.39 is 5.97 Å². The summed E-state index contributed by atoms with van der Waals surface area (Å²) >= 11 is 0. The van der Waals surface area contributed by atoms with Gasteiger partial charge in [0.05, 0.1) is 7.11 Å². The lowest BCUT2D eigenvalue weighted by molar-refractivity contribution is -0.145. The van der Waals surface area contributed by atoms with E-state index in [-0.39, 0.29) is 12.3 Å². The van der Waals surface area contributed by atoms with Crippen LogP contribution in [0.15, 0.2) is 0 Å². The monoisotopic (exact) mass is 145 g/mol. The van der Waals surface area contributed by atoms with Crippen LogP contribution in [0.25, 0.3) is 0 Å². The molecular formula is C6H11NO3. The van der Waals surface area contributed by atoms with Crippen molar-refractivity contribution in [2.75, 3.05) is 21.2 Å². The maximum Gasteiger partial charge on any atom is 0.315 e. The van der Waals surface area contributed by atoms with Gasteiger partial charge in [-0.2, -0.15) is 0 Å². The fourth-order valence-corrected chi connectivity index (χ4v) is 0.354. The van der Waals surface area contributed by atoms with Crippen LogP contribution in [0.4, 0.5) is 0 Å². The molecule has 0 aromatic carbocycles. The molecule has 1 amide bonds. The summed E-state index contributed by atoms with van der Waals surface area (Å²) in [5.74, 6) is -0.745. The number of carbonyl (C=O) groups excluding carboxylic acids is 2. The molecule has 10 heavy (non-hydrogen) atoms. The molecule has 0 radical (unpaired) electrons. The first-order valence-electron chi connectivity index (χ1n) is 2.85. The van der Waals surface area contributed by atoms with E-state index in [0.29, 0.717) is 0 Å². The second-order valence-corrected chi connectivity index (χ2v) is 2.04. The van der Waals surface area contributed by atoms with Gasteiger partial charge in [-0.3, -0.25) is 9.59 Å². The lowest BCUT2D eigenvalue weighted by atomic mass is 10.4. The van der Waals surface area contributed by atoms with Gasteiger partial charge in [-0.1, -0.05) is 0 Å². The van der Waals surface area contributed by atoms with Crippen molar-refractivity contribution in [1.29, 1.82) is 0 Å². The second-order valence-electron chi connectivity index (χ2n) is 2.04. The summed E-state index contributed by atoms with van der Waals surface area (Å²) in [6.07, 6.45) is -0.177. The lowest BCUT2D eigenvalue weighted by Crippen LogP contribution is -2.24. The minimum atomic E-state index is -0.501. The molecule has 0 fully saturated rings. The first kappa shape index (κ1) is 8.94. The minimum absolute atomic E-state index is 0.177. The van der Waals surface area contributed by atoms with Crippen molar-refractivity contribution >= 4 is 11.9 Å². The average Bonchev–Trinajstić information content (AvgIpc) is 1.87. The van der Waals surface area contributed by atoms with Crippen LogP contribution in [-0.2, 0) is 14.3 Å². The smallest absolute Gasteiger partial charge is 0.315 e. The van der Waals surface area contributed by atoms with Crippen molar-refractivity contribution in [3.63, 3.8) is 0 Å². The van der Waals surface area contributed by atoms with Gasteiger partial charge in [-0.25, -0.2) is 0 Å². The molecule has 0 aliphatic rings. The van der Waals surface area contributed by atoms with Gasteiger partial charge in [-0.15, -0.1) is 0 Å². The highest BCUT2D eigenvalue weighted by Crippen LogP contribution is 1.88. The number of amides is 1. The normalized spacial score (nSPS) is 8.70. The lowest BCUT2D eigenvalue weighted by Gasteiger charge is -2.07. The zero-order valence-corrected chi connectivity index (χ0v) is 6.38. The van der Waals surface area contributed by atoms with E-state index in [2.05, 4.69) is 4.74 Å². The van der Waals surface area contributed by atoms with Crippen LogP contribution in [0.5, 0.6) is 0 Å². The van der Waals surface area contributed by atoms with Crippen LogP contribution in [0.1, 0.15) is 6.42 Å². The van der Waals surface area contributed by atoms with Crippen molar-refractivity contribution < 1.29 is 14.3 Å². The van der Waals surface area contributed by atoms with Crippen molar-refractivity contribution in [3.8, 4) is 0 Å². The number of esters is 1. The van der Waals surface area contributed by atoms with Crippen LogP contribution in [0, 0.1) is 0 Å². The summed E-state index contributed by atoms with van der Waals surface area (Å²) < 4.78 is 4.28. The van der Waals surface area contributed by atoms with E-state index in [4.69, 9.17) is 0 Å². The maximum atomic E-state index is 10.7. The Kier molecular flexibility index (Phi) is 3.46. The Labute approximate surface area is 59.8 Å². The summed E-state index contributed by atoms with van der Waals surface area (Å²) in [4.78, 5) is 22.5. The highest BCUT2D eigenvalue weighted by molar-refractivity contribution is 5.93. The van der Waals surface area contributed by atoms with Crippen molar-refractivity contribution in [3.05, 3.63) is 0 Å². The molecule has 0 aromatic heterocycles. The molecule has 0 heterocycles. The first-order valence-corrected chi connectivity index (χ1v) is 2.85. The molecule has 4 nitrogen and oxygen atoms in total. The molecule has 0 bridgehead atoms. The third kappa shape index (κ3) is 3.06. The van der Waals surface area contributed by atoms with Gasteiger partial charge in [0.15, 0.2) is 0 Å². The fourth-order valence-electron chi connectivity index (χ4n) is 0.354. The highest BCUT2D eigenvalue weighted by atomic mass is 16.5. The zero-order valence-electron chi connectivity index (χ0n) is 6.38. The number of ether oxygens (including phenoxy) is 1. The molecule has 0 rings (SSSR count). The molecule has 0 atom stereocenters. The van der Waals surface area contributed by atoms with Crippen LogP contribution in [0.3, 0.4) is 0 Å². The Morgan fingerprint density at radius 2 is 1.90 bits per heavy atom. The van der Waals surface area contributed by atoms with Gasteiger partial charge in [0, 0.05) is 14.1 Å². The molecule has 0 aliphatic carbocycles. The molecule has 0 unspecified atom stereocenters. The van der Waals surface area contributed by atoms with Gasteiger partial charge >= 0.3 is 5.97 Å². The molecule has 0 saturated carbocycles. The number of rotatable bonds is 2. The van der Waals surface area contributed by atoms with E-state index >= 15 is 0 Å². The average molecular weight is 145 g/mol. The second kappa shape index (κ2) is 3.87. The Balaban J connectivity index is 3.69. The third-order valence-electron chi connectivity index (χ3n) is 1.02. The molecule has 0 saturated heterocycles. The molecule has 0 aromatic rings. The highest BCUT2D eigenvalue weighted by Gasteiger charge is 2.09. The molecule has 0 aliphatic heterocycles. The fraction of sp³-hybridized carbons (Fsp3) is 0.667. The van der Waals surface area contributed by atoms with Crippen molar-refractivity contribution in [2.45, 2.75) is 6.42 Å². The molecule has 0 N–H and O–H groups in total. The summed E-state index contributed by atoms with van der Waals surface area (Å²) in [6.45, 7) is 0. The van der Waals surface area contributed by atoms with Gasteiger partial charge in [0.2, 0.25) is 5.91 Å². The molecular weight excluding hydrogens is 134 g/mol. The van der Waals surface area contributed by atoms with Crippen LogP contribution >= 0.6 is 0 Å². The number of carbonyl (C=O) groups is 2. The Bertz CT molecular complexity index is 142. The SMILES string of the molecule is COC(=O)CC(=O)N(C)C. The largest absolute Gasteiger partial charge is 0.469 e. The summed E-state index contributed by atoms with van der Waals surface area (Å²) in [7, 11) is 4.43. The Hall–Kier alpha value is -1.06. The molecule has 4 heteroatoms. The molecule has 58 valence electrons. The number of nitrogens with zero attached hydrogens (tertiary/aromatic N) is 1. The van der Waals surface area contributed by atoms with Gasteiger partial charge < -0.3 is 9.64 Å². The van der Waals surface area contributed by atoms with E-state index in [1.165, 1.54) is 12.0 Å². The topological polar surface area (TPSA) is 46.6 Å². The first-order chi connectivity index (χ1) is 4.57. The molecule has 0 spiro atoms. The van der Waals surface area contributed by atoms with Crippen LogP contribution < -0.4 is 0 Å². The van der Waals surface area contributed by atoms with Gasteiger partial charge in [0.25, 0.3) is 0 Å². The van der Waals surface area contributed by atoms with Crippen LogP contribution in [0.2, 0.25) is 0 Å². The van der Waals surface area contributed by atoms with Gasteiger partial charge in [0.1, 0.15) is 6.42 Å². The van der Waals surface area contributed by atoms with E-state index in [1.807, 2.05) is 0 Å². The van der Waals surface area contributed by atoms with E-state index in [1.54, 1.807) is 14.1 Å². The maximum absolute atomic E-state index is 10.7. The standard InChI is InChI=1S/C6H11NO3/c1-7(2)5(8)4-6(9)10-3/h4H2,1-3H3. The van der Waals surface area contributed by atoms with Crippen LogP contribution in [-0.4, -0.2) is 38.0 Å². The summed E-state index contributed by atoms with van der Waals surface area (Å²) in [6, 6.07) is 0. The predicted molar refractivity (Wildman–Crippen MR) is 35.3 cm³/mol.